The second kappa shape index (κ2) is 7.11. The highest BCUT2D eigenvalue weighted by molar-refractivity contribution is 8.00. The zero-order valence-corrected chi connectivity index (χ0v) is 16.9. The highest BCUT2D eigenvalue weighted by Gasteiger charge is 2.51. The first-order valence-electron chi connectivity index (χ1n) is 9.99. The van der Waals surface area contributed by atoms with Crippen LogP contribution in [0, 0.1) is 17.8 Å². The number of carbonyl (C=O) groups excluding carboxylic acids is 2. The van der Waals surface area contributed by atoms with Crippen LogP contribution in [0.25, 0.3) is 0 Å². The third-order valence-electron chi connectivity index (χ3n) is 6.60. The van der Waals surface area contributed by atoms with E-state index in [0.717, 1.165) is 37.0 Å². The lowest BCUT2D eigenvalue weighted by molar-refractivity contribution is -0.126. The van der Waals surface area contributed by atoms with E-state index < -0.39 is 0 Å². The number of nitrogens with one attached hydrogen (secondary N) is 1. The summed E-state index contributed by atoms with van der Waals surface area (Å²) in [6.45, 7) is 1.93. The van der Waals surface area contributed by atoms with Crippen LogP contribution in [0.1, 0.15) is 57.7 Å². The van der Waals surface area contributed by atoms with E-state index in [4.69, 9.17) is 5.73 Å². The van der Waals surface area contributed by atoms with Gasteiger partial charge in [-0.3, -0.25) is 9.59 Å². The predicted molar refractivity (Wildman–Crippen MR) is 103 cm³/mol. The summed E-state index contributed by atoms with van der Waals surface area (Å²) >= 11 is 1.42. The third kappa shape index (κ3) is 3.86. The third-order valence-corrected chi connectivity index (χ3v) is 7.73. The number of thioether (sulfide) groups is 1. The average Bonchev–Trinajstić information content (AvgIpc) is 2.91. The Balaban J connectivity index is 1.37. The van der Waals surface area contributed by atoms with Crippen LogP contribution in [0.15, 0.2) is 5.16 Å². The second-order valence-corrected chi connectivity index (χ2v) is 10.2. The van der Waals surface area contributed by atoms with Gasteiger partial charge < -0.3 is 15.6 Å². The molecule has 4 saturated carbocycles. The Morgan fingerprint density at radius 1 is 1.22 bits per heavy atom. The van der Waals surface area contributed by atoms with Gasteiger partial charge in [0.25, 0.3) is 0 Å². The van der Waals surface area contributed by atoms with Crippen molar-refractivity contribution in [2.45, 2.75) is 74.2 Å². The fraction of sp³-hybridized carbons (Fsp3) is 0.789. The summed E-state index contributed by atoms with van der Waals surface area (Å²) in [5.41, 5.74) is 5.24. The molecule has 0 radical (unpaired) electrons. The zero-order valence-electron chi connectivity index (χ0n) is 16.1. The molecule has 3 N–H and O–H groups in total. The standard InChI is InChI=1S/C19H29N5O2S/c1-11(27-18-23-22-16(24(18)2)4-3-15(20)25)17(26)21-19-8-12-5-13(9-19)7-14(6-12)10-19/h11-14H,3-10H2,1-2H3,(H2,20,25)(H,21,26)/t11-,12?,13?,14?,19?/m1/s1. The molecule has 0 aromatic carbocycles. The summed E-state index contributed by atoms with van der Waals surface area (Å²) < 4.78 is 1.85. The van der Waals surface area contributed by atoms with Gasteiger partial charge >= 0.3 is 0 Å². The van der Waals surface area contributed by atoms with Gasteiger partial charge in [0, 0.05) is 25.4 Å². The zero-order chi connectivity index (χ0) is 19.2. The Bertz CT molecular complexity index is 711. The molecule has 5 rings (SSSR count). The molecule has 0 saturated heterocycles. The van der Waals surface area contributed by atoms with Crippen LogP contribution in [0.5, 0.6) is 0 Å². The SMILES string of the molecule is C[C@@H](Sc1nnc(CCC(N)=O)n1C)C(=O)NC12CC3CC(CC(C3)C1)C2. The highest BCUT2D eigenvalue weighted by Crippen LogP contribution is 2.55. The van der Waals surface area contributed by atoms with Crippen molar-refractivity contribution < 1.29 is 9.59 Å². The van der Waals surface area contributed by atoms with Gasteiger partial charge in [0.15, 0.2) is 5.16 Å². The van der Waals surface area contributed by atoms with E-state index in [1.54, 1.807) is 0 Å². The topological polar surface area (TPSA) is 103 Å². The minimum atomic E-state index is -0.351. The smallest absolute Gasteiger partial charge is 0.233 e. The van der Waals surface area contributed by atoms with Crippen molar-refractivity contribution in [3.05, 3.63) is 5.82 Å². The summed E-state index contributed by atoms with van der Waals surface area (Å²) in [7, 11) is 1.86. The number of nitrogens with zero attached hydrogens (tertiary/aromatic N) is 3. The van der Waals surface area contributed by atoms with E-state index >= 15 is 0 Å². The second-order valence-electron chi connectivity index (χ2n) is 8.87. The molecule has 1 aromatic rings. The van der Waals surface area contributed by atoms with E-state index in [0.29, 0.717) is 17.4 Å². The van der Waals surface area contributed by atoms with Gasteiger partial charge in [-0.1, -0.05) is 11.8 Å². The maximum Gasteiger partial charge on any atom is 0.233 e. The first-order chi connectivity index (χ1) is 12.8. The van der Waals surface area contributed by atoms with E-state index in [2.05, 4.69) is 15.5 Å². The molecule has 4 aliphatic carbocycles. The van der Waals surface area contributed by atoms with Crippen LogP contribution in [0.2, 0.25) is 0 Å². The largest absolute Gasteiger partial charge is 0.370 e. The van der Waals surface area contributed by atoms with Gasteiger partial charge in [-0.15, -0.1) is 10.2 Å². The minimum Gasteiger partial charge on any atom is -0.370 e. The molecule has 1 heterocycles. The number of rotatable bonds is 7. The molecule has 0 unspecified atom stereocenters. The molecule has 148 valence electrons. The number of aromatic nitrogens is 3. The normalized spacial score (nSPS) is 32.4. The van der Waals surface area contributed by atoms with Crippen LogP contribution >= 0.6 is 11.8 Å². The van der Waals surface area contributed by atoms with E-state index in [1.165, 1.54) is 31.0 Å². The molecule has 0 spiro atoms. The maximum absolute atomic E-state index is 12.9. The van der Waals surface area contributed by atoms with Crippen LogP contribution in [0.3, 0.4) is 0 Å². The van der Waals surface area contributed by atoms with Crippen molar-refractivity contribution >= 4 is 23.6 Å². The molecule has 0 aliphatic heterocycles. The molecule has 7 nitrogen and oxygen atoms in total. The first kappa shape index (κ1) is 18.8. The van der Waals surface area contributed by atoms with Crippen molar-refractivity contribution in [3.8, 4) is 0 Å². The molecule has 2 amide bonds. The molecule has 4 bridgehead atoms. The number of nitrogens with two attached hydrogens (primary N) is 1. The van der Waals surface area contributed by atoms with Crippen molar-refractivity contribution in [2.24, 2.45) is 30.5 Å². The van der Waals surface area contributed by atoms with Crippen LogP contribution in [0.4, 0.5) is 0 Å². The van der Waals surface area contributed by atoms with Gasteiger partial charge in [0.2, 0.25) is 11.8 Å². The molecule has 27 heavy (non-hydrogen) atoms. The van der Waals surface area contributed by atoms with Crippen molar-refractivity contribution in [3.63, 3.8) is 0 Å². The molecular formula is C19H29N5O2S. The quantitative estimate of drug-likeness (QED) is 0.690. The van der Waals surface area contributed by atoms with Crippen LogP contribution < -0.4 is 11.1 Å². The van der Waals surface area contributed by atoms with Crippen molar-refractivity contribution in [1.29, 1.82) is 0 Å². The van der Waals surface area contributed by atoms with Crippen molar-refractivity contribution in [2.75, 3.05) is 0 Å². The highest BCUT2D eigenvalue weighted by atomic mass is 32.2. The number of carbonyl (C=O) groups is 2. The Morgan fingerprint density at radius 2 is 1.81 bits per heavy atom. The first-order valence-corrected chi connectivity index (χ1v) is 10.9. The summed E-state index contributed by atoms with van der Waals surface area (Å²) in [6, 6.07) is 0. The Hall–Kier alpha value is -1.57. The van der Waals surface area contributed by atoms with Gasteiger partial charge in [-0.05, 0) is 63.2 Å². The molecule has 4 fully saturated rings. The number of primary amides is 1. The fourth-order valence-electron chi connectivity index (χ4n) is 5.74. The van der Waals surface area contributed by atoms with E-state index in [1.807, 2.05) is 18.5 Å². The Kier molecular flexibility index (Phi) is 4.94. The van der Waals surface area contributed by atoms with E-state index in [9.17, 15) is 9.59 Å². The summed E-state index contributed by atoms with van der Waals surface area (Å²) in [4.78, 5) is 23.9. The summed E-state index contributed by atoms with van der Waals surface area (Å²) in [6.07, 6.45) is 8.29. The van der Waals surface area contributed by atoms with Crippen LogP contribution in [-0.4, -0.2) is 37.4 Å². The Morgan fingerprint density at radius 3 is 2.37 bits per heavy atom. The van der Waals surface area contributed by atoms with E-state index in [-0.39, 0.29) is 29.0 Å². The summed E-state index contributed by atoms with van der Waals surface area (Å²) in [5, 5.41) is 12.2. The van der Waals surface area contributed by atoms with Gasteiger partial charge in [0.1, 0.15) is 5.82 Å². The minimum absolute atomic E-state index is 0.0349. The Labute approximate surface area is 164 Å². The number of hydrogen-bond donors (Lipinski definition) is 2. The lowest BCUT2D eigenvalue weighted by Gasteiger charge is -2.57. The number of aryl methyl sites for hydroxylation is 1. The van der Waals surface area contributed by atoms with Gasteiger partial charge in [-0.2, -0.15) is 0 Å². The van der Waals surface area contributed by atoms with Gasteiger partial charge in [0.05, 0.1) is 5.25 Å². The summed E-state index contributed by atoms with van der Waals surface area (Å²) in [5.74, 6) is 2.90. The molecule has 4 aliphatic rings. The molecular weight excluding hydrogens is 362 g/mol. The molecule has 8 heteroatoms. The maximum atomic E-state index is 12.9. The number of amides is 2. The predicted octanol–water partition coefficient (Wildman–Crippen LogP) is 1.80. The lowest BCUT2D eigenvalue weighted by Crippen LogP contribution is -2.60. The molecule has 1 aromatic heterocycles. The van der Waals surface area contributed by atoms with Crippen LogP contribution in [-0.2, 0) is 23.1 Å². The molecule has 1 atom stereocenters. The monoisotopic (exact) mass is 391 g/mol. The number of hydrogen-bond acceptors (Lipinski definition) is 5. The van der Waals surface area contributed by atoms with Crippen molar-refractivity contribution in [1.82, 2.24) is 20.1 Å². The van der Waals surface area contributed by atoms with Gasteiger partial charge in [-0.25, -0.2) is 0 Å². The lowest BCUT2D eigenvalue weighted by atomic mass is 9.53. The fourth-order valence-corrected chi connectivity index (χ4v) is 6.57. The average molecular weight is 392 g/mol.